The molecule has 1 aliphatic rings. The second kappa shape index (κ2) is 7.04. The van der Waals surface area contributed by atoms with Crippen LogP contribution in [0.25, 0.3) is 27.9 Å². The summed E-state index contributed by atoms with van der Waals surface area (Å²) in [4.78, 5) is 22.0. The minimum absolute atomic E-state index is 0.356. The Balaban J connectivity index is 1.53. The van der Waals surface area contributed by atoms with E-state index >= 15 is 0 Å². The second-order valence-electron chi connectivity index (χ2n) is 7.91. The number of benzene rings is 1. The smallest absolute Gasteiger partial charge is 0.345 e. The Morgan fingerprint density at radius 1 is 1.00 bits per heavy atom. The van der Waals surface area contributed by atoms with E-state index in [0.29, 0.717) is 16.8 Å². The van der Waals surface area contributed by atoms with E-state index < -0.39 is 0 Å². The maximum absolute atomic E-state index is 12.7. The van der Waals surface area contributed by atoms with E-state index in [1.807, 2.05) is 54.0 Å². The first kappa shape index (κ1) is 17.9. The van der Waals surface area contributed by atoms with Crippen molar-refractivity contribution >= 4 is 22.3 Å². The van der Waals surface area contributed by atoms with Gasteiger partial charge in [-0.2, -0.15) is 0 Å². The Labute approximate surface area is 169 Å². The standard InChI is InChI=1S/C23H24N4O2/c1-16-4-7-22-24-20(15-27(22)14-16)19-12-17-5-6-18(13-21(17)29-23(19)28)26-9-3-8-25(2)10-11-26/h4-7,12-15H,3,8-11H2,1-2H3. The molecule has 0 aliphatic carbocycles. The molecule has 1 saturated heterocycles. The minimum atomic E-state index is -0.356. The lowest BCUT2D eigenvalue weighted by Gasteiger charge is -2.22. The monoisotopic (exact) mass is 388 g/mol. The Hall–Kier alpha value is -3.12. The van der Waals surface area contributed by atoms with Crippen molar-refractivity contribution in [1.29, 1.82) is 0 Å². The maximum Gasteiger partial charge on any atom is 0.345 e. The van der Waals surface area contributed by atoms with Gasteiger partial charge in [-0.25, -0.2) is 9.78 Å². The summed E-state index contributed by atoms with van der Waals surface area (Å²) in [5, 5.41) is 0.906. The molecule has 0 atom stereocenters. The van der Waals surface area contributed by atoms with Crippen molar-refractivity contribution in [2.45, 2.75) is 13.3 Å². The summed E-state index contributed by atoms with van der Waals surface area (Å²) in [6.07, 6.45) is 5.01. The fourth-order valence-corrected chi connectivity index (χ4v) is 4.01. The van der Waals surface area contributed by atoms with Gasteiger partial charge in [-0.1, -0.05) is 6.07 Å². The Morgan fingerprint density at radius 3 is 2.79 bits per heavy atom. The van der Waals surface area contributed by atoms with E-state index in [1.54, 1.807) is 0 Å². The number of fused-ring (bicyclic) bond motifs is 2. The van der Waals surface area contributed by atoms with E-state index in [4.69, 9.17) is 4.42 Å². The fourth-order valence-electron chi connectivity index (χ4n) is 4.01. The molecule has 0 radical (unpaired) electrons. The van der Waals surface area contributed by atoms with Crippen molar-refractivity contribution in [2.75, 3.05) is 38.1 Å². The summed E-state index contributed by atoms with van der Waals surface area (Å²) < 4.78 is 7.65. The van der Waals surface area contributed by atoms with E-state index in [0.717, 1.165) is 54.9 Å². The zero-order valence-electron chi connectivity index (χ0n) is 16.8. The molecule has 0 amide bonds. The van der Waals surface area contributed by atoms with Crippen LogP contribution in [0.3, 0.4) is 0 Å². The van der Waals surface area contributed by atoms with Crippen LogP contribution >= 0.6 is 0 Å². The van der Waals surface area contributed by atoms with Crippen molar-refractivity contribution in [3.05, 3.63) is 64.8 Å². The van der Waals surface area contributed by atoms with Gasteiger partial charge in [0.25, 0.3) is 0 Å². The SMILES string of the molecule is Cc1ccc2nc(-c3cc4ccc(N5CCCN(C)CC5)cc4oc3=O)cn2c1. The van der Waals surface area contributed by atoms with Crippen molar-refractivity contribution in [1.82, 2.24) is 14.3 Å². The quantitative estimate of drug-likeness (QED) is 0.492. The zero-order valence-corrected chi connectivity index (χ0v) is 16.8. The van der Waals surface area contributed by atoms with E-state index in [2.05, 4.69) is 27.9 Å². The highest BCUT2D eigenvalue weighted by Crippen LogP contribution is 2.26. The molecule has 0 saturated carbocycles. The predicted octanol–water partition coefficient (Wildman–Crippen LogP) is 3.56. The number of aromatic nitrogens is 2. The van der Waals surface area contributed by atoms with Crippen LogP contribution in [0, 0.1) is 6.92 Å². The third-order valence-electron chi connectivity index (χ3n) is 5.68. The van der Waals surface area contributed by atoms with Gasteiger partial charge in [0.1, 0.15) is 11.2 Å². The van der Waals surface area contributed by atoms with Crippen LogP contribution in [0.5, 0.6) is 0 Å². The molecule has 1 aromatic carbocycles. The number of hydrogen-bond acceptors (Lipinski definition) is 5. The summed E-state index contributed by atoms with van der Waals surface area (Å²) in [5.74, 6) is 0. The van der Waals surface area contributed by atoms with Gasteiger partial charge in [-0.05, 0) is 56.8 Å². The van der Waals surface area contributed by atoms with Crippen LogP contribution in [0.4, 0.5) is 5.69 Å². The number of aryl methyl sites for hydroxylation is 1. The molecule has 5 rings (SSSR count). The van der Waals surface area contributed by atoms with Crippen LogP contribution in [0.2, 0.25) is 0 Å². The zero-order chi connectivity index (χ0) is 20.0. The van der Waals surface area contributed by atoms with Gasteiger partial charge in [0.15, 0.2) is 0 Å². The highest BCUT2D eigenvalue weighted by atomic mass is 16.4. The molecule has 0 unspecified atom stereocenters. The Kier molecular flexibility index (Phi) is 4.36. The number of nitrogens with zero attached hydrogens (tertiary/aromatic N) is 4. The van der Waals surface area contributed by atoms with Crippen molar-refractivity contribution in [2.24, 2.45) is 0 Å². The lowest BCUT2D eigenvalue weighted by Crippen LogP contribution is -2.28. The molecule has 0 bridgehead atoms. The van der Waals surface area contributed by atoms with Crippen LogP contribution in [-0.2, 0) is 0 Å². The predicted molar refractivity (Wildman–Crippen MR) is 116 cm³/mol. The molecule has 1 fully saturated rings. The summed E-state index contributed by atoms with van der Waals surface area (Å²) in [6.45, 7) is 6.17. The first-order chi connectivity index (χ1) is 14.1. The average Bonchev–Trinajstić information content (AvgIpc) is 2.99. The summed E-state index contributed by atoms with van der Waals surface area (Å²) >= 11 is 0. The molecule has 1 aliphatic heterocycles. The number of rotatable bonds is 2. The molecule has 148 valence electrons. The highest BCUT2D eigenvalue weighted by molar-refractivity contribution is 5.84. The summed E-state index contributed by atoms with van der Waals surface area (Å²) in [5.41, 5.74) is 4.44. The molecule has 0 spiro atoms. The van der Waals surface area contributed by atoms with E-state index in [-0.39, 0.29) is 5.63 Å². The summed E-state index contributed by atoms with van der Waals surface area (Å²) in [7, 11) is 2.16. The topological polar surface area (TPSA) is 54.0 Å². The molecular formula is C23H24N4O2. The second-order valence-corrected chi connectivity index (χ2v) is 7.91. The highest BCUT2D eigenvalue weighted by Gasteiger charge is 2.15. The third-order valence-corrected chi connectivity index (χ3v) is 5.68. The fraction of sp³-hybridized carbons (Fsp3) is 0.304. The van der Waals surface area contributed by atoms with Crippen LogP contribution in [0.15, 0.2) is 58.0 Å². The molecular weight excluding hydrogens is 364 g/mol. The Bertz CT molecular complexity index is 1260. The molecule has 29 heavy (non-hydrogen) atoms. The molecule has 0 N–H and O–H groups in total. The lowest BCUT2D eigenvalue weighted by atomic mass is 10.1. The van der Waals surface area contributed by atoms with Gasteiger partial charge >= 0.3 is 5.63 Å². The number of anilines is 1. The normalized spacial score (nSPS) is 15.9. The first-order valence-corrected chi connectivity index (χ1v) is 10.0. The molecule has 6 heteroatoms. The van der Waals surface area contributed by atoms with Gasteiger partial charge in [-0.3, -0.25) is 0 Å². The van der Waals surface area contributed by atoms with Crippen LogP contribution in [-0.4, -0.2) is 47.5 Å². The first-order valence-electron chi connectivity index (χ1n) is 10.0. The van der Waals surface area contributed by atoms with Gasteiger partial charge < -0.3 is 18.6 Å². The number of hydrogen-bond donors (Lipinski definition) is 0. The Morgan fingerprint density at radius 2 is 1.90 bits per heavy atom. The van der Waals surface area contributed by atoms with Crippen molar-refractivity contribution < 1.29 is 4.42 Å². The van der Waals surface area contributed by atoms with E-state index in [9.17, 15) is 4.79 Å². The van der Waals surface area contributed by atoms with Crippen molar-refractivity contribution in [3.8, 4) is 11.3 Å². The van der Waals surface area contributed by atoms with Gasteiger partial charge in [-0.15, -0.1) is 0 Å². The van der Waals surface area contributed by atoms with Gasteiger partial charge in [0.2, 0.25) is 0 Å². The molecule has 3 aromatic heterocycles. The van der Waals surface area contributed by atoms with Crippen molar-refractivity contribution in [3.63, 3.8) is 0 Å². The van der Waals surface area contributed by atoms with Gasteiger partial charge in [0, 0.05) is 49.2 Å². The minimum Gasteiger partial charge on any atom is -0.422 e. The molecule has 6 nitrogen and oxygen atoms in total. The third kappa shape index (κ3) is 3.40. The average molecular weight is 388 g/mol. The van der Waals surface area contributed by atoms with Gasteiger partial charge in [0.05, 0.1) is 11.3 Å². The summed E-state index contributed by atoms with van der Waals surface area (Å²) in [6, 6.07) is 12.0. The number of pyridine rings is 1. The largest absolute Gasteiger partial charge is 0.422 e. The molecule has 4 aromatic rings. The maximum atomic E-state index is 12.7. The molecule has 4 heterocycles. The van der Waals surface area contributed by atoms with Crippen LogP contribution < -0.4 is 10.5 Å². The van der Waals surface area contributed by atoms with Crippen LogP contribution in [0.1, 0.15) is 12.0 Å². The lowest BCUT2D eigenvalue weighted by molar-refractivity contribution is 0.360. The van der Waals surface area contributed by atoms with E-state index in [1.165, 1.54) is 0 Å². The number of imidazole rings is 1. The number of likely N-dealkylation sites (N-methyl/N-ethyl adjacent to an activating group) is 1.